The second-order valence-electron chi connectivity index (χ2n) is 6.70. The van der Waals surface area contributed by atoms with Crippen LogP contribution in [0, 0.1) is 5.82 Å². The number of nitrogens with one attached hydrogen (secondary N) is 1. The normalized spacial score (nSPS) is 27.5. The van der Waals surface area contributed by atoms with Crippen molar-refractivity contribution >= 4 is 21.7 Å². The molecule has 28 heavy (non-hydrogen) atoms. The van der Waals surface area contributed by atoms with Gasteiger partial charge in [-0.25, -0.2) is 17.6 Å². The molecule has 0 amide bonds. The van der Waals surface area contributed by atoms with E-state index in [0.717, 1.165) is 6.07 Å². The highest BCUT2D eigenvalue weighted by Crippen LogP contribution is 2.39. The van der Waals surface area contributed by atoms with Crippen LogP contribution >= 0.6 is 0 Å². The Hall–Kier alpha value is -2.17. The molecule has 1 aromatic carbocycles. The average Bonchev–Trinajstić information content (AvgIpc) is 3.05. The quantitative estimate of drug-likeness (QED) is 0.733. The van der Waals surface area contributed by atoms with Crippen molar-refractivity contribution in [2.75, 3.05) is 18.4 Å². The fraction of sp³-hybridized carbons (Fsp3) is 0.500. The molecule has 1 heterocycles. The number of rotatable bonds is 6. The van der Waals surface area contributed by atoms with Crippen LogP contribution in [0.3, 0.4) is 0 Å². The van der Waals surface area contributed by atoms with Crippen molar-refractivity contribution in [3.8, 4) is 5.75 Å². The number of hydrogen-bond acceptors (Lipinski definition) is 6. The number of anilines is 1. The minimum absolute atomic E-state index is 0.00221. The van der Waals surface area contributed by atoms with Gasteiger partial charge in [0, 0.05) is 12.5 Å². The van der Waals surface area contributed by atoms with Crippen LogP contribution in [0.25, 0.3) is 0 Å². The van der Waals surface area contributed by atoms with E-state index >= 15 is 0 Å². The van der Waals surface area contributed by atoms with E-state index < -0.39 is 32.8 Å². The lowest BCUT2D eigenvalue weighted by Gasteiger charge is -2.33. The van der Waals surface area contributed by atoms with E-state index in [9.17, 15) is 22.7 Å². The monoisotopic (exact) mass is 415 g/mol. The summed E-state index contributed by atoms with van der Waals surface area (Å²) in [7, 11) is -2.86. The molecule has 1 fully saturated rings. The first-order valence-electron chi connectivity index (χ1n) is 8.82. The number of carboxylic acid groups (broad SMARTS) is 1. The largest absolute Gasteiger partial charge is 0.494 e. The Morgan fingerprint density at radius 3 is 2.82 bits per heavy atom. The van der Waals surface area contributed by atoms with Gasteiger partial charge in [0.1, 0.15) is 5.25 Å². The van der Waals surface area contributed by atoms with E-state index in [0.29, 0.717) is 13.0 Å². The van der Waals surface area contributed by atoms with Crippen LogP contribution in [0.5, 0.6) is 5.75 Å². The lowest BCUT2D eigenvalue weighted by molar-refractivity contribution is -0.144. The van der Waals surface area contributed by atoms with Crippen molar-refractivity contribution in [1.29, 1.82) is 0 Å². The van der Waals surface area contributed by atoms with Gasteiger partial charge in [-0.3, -0.25) is 4.72 Å². The van der Waals surface area contributed by atoms with Crippen LogP contribution in [0.2, 0.25) is 0 Å². The molecule has 2 aliphatic rings. The summed E-state index contributed by atoms with van der Waals surface area (Å²) in [4.78, 5) is 11.8. The van der Waals surface area contributed by atoms with Gasteiger partial charge in [0.05, 0.1) is 31.1 Å². The van der Waals surface area contributed by atoms with Crippen LogP contribution in [0.4, 0.5) is 10.1 Å². The molecule has 3 atom stereocenters. The second-order valence-corrected chi connectivity index (χ2v) is 8.56. The lowest BCUT2D eigenvalue weighted by atomic mass is 9.94. The van der Waals surface area contributed by atoms with Crippen molar-refractivity contribution in [1.82, 2.24) is 0 Å². The number of carbonyl (C=O) groups is 1. The molecule has 154 valence electrons. The number of ether oxygens (including phenoxy) is 3. The molecule has 8 nitrogen and oxygen atoms in total. The van der Waals surface area contributed by atoms with E-state index in [2.05, 4.69) is 4.72 Å². The number of carboxylic acids is 1. The second kappa shape index (κ2) is 7.69. The maximum absolute atomic E-state index is 13.5. The zero-order chi connectivity index (χ0) is 20.5. The van der Waals surface area contributed by atoms with Crippen molar-refractivity contribution in [3.63, 3.8) is 0 Å². The molecule has 0 aromatic heterocycles. The van der Waals surface area contributed by atoms with Gasteiger partial charge >= 0.3 is 5.97 Å². The minimum atomic E-state index is -4.12. The van der Waals surface area contributed by atoms with Crippen molar-refractivity contribution < 1.29 is 36.9 Å². The van der Waals surface area contributed by atoms with E-state index in [4.69, 9.17) is 14.2 Å². The summed E-state index contributed by atoms with van der Waals surface area (Å²) in [5.41, 5.74) is -0.243. The molecule has 0 saturated carbocycles. The minimum Gasteiger partial charge on any atom is -0.494 e. The molecule has 1 aliphatic heterocycles. The first-order valence-corrected chi connectivity index (χ1v) is 10.4. The topological polar surface area (TPSA) is 111 Å². The molecule has 0 bridgehead atoms. The summed E-state index contributed by atoms with van der Waals surface area (Å²) < 4.78 is 57.8. The number of benzene rings is 1. The lowest BCUT2D eigenvalue weighted by Crippen LogP contribution is -2.42. The standard InChI is InChI=1S/C18H22FNO7S/c1-3-12-10-26-18(27-12)7-6-16(13(9-18)17(21)22)28(23,24)20-11-4-5-14(19)15(8-11)25-2/h4-5,8-9,12,16,20H,3,6-7,10H2,1-2H3,(H,21,22). The summed E-state index contributed by atoms with van der Waals surface area (Å²) >= 11 is 0. The number of aliphatic carboxylic acids is 1. The van der Waals surface area contributed by atoms with Crippen molar-refractivity contribution in [2.45, 2.75) is 43.3 Å². The number of hydrogen-bond donors (Lipinski definition) is 2. The smallest absolute Gasteiger partial charge is 0.332 e. The van der Waals surface area contributed by atoms with Gasteiger partial charge in [-0.15, -0.1) is 0 Å². The Labute approximate surface area is 162 Å². The predicted octanol–water partition coefficient (Wildman–Crippen LogP) is 2.27. The molecular weight excluding hydrogens is 393 g/mol. The predicted molar refractivity (Wildman–Crippen MR) is 98.1 cm³/mol. The first kappa shape index (κ1) is 20.6. The Morgan fingerprint density at radius 1 is 1.46 bits per heavy atom. The number of methoxy groups -OCH3 is 1. The first-order chi connectivity index (χ1) is 13.2. The van der Waals surface area contributed by atoms with Gasteiger partial charge in [-0.2, -0.15) is 0 Å². The van der Waals surface area contributed by atoms with Crippen molar-refractivity contribution in [2.24, 2.45) is 0 Å². The zero-order valence-corrected chi connectivity index (χ0v) is 16.3. The van der Waals surface area contributed by atoms with Gasteiger partial charge < -0.3 is 19.3 Å². The van der Waals surface area contributed by atoms with Crippen molar-refractivity contribution in [3.05, 3.63) is 35.7 Å². The SMILES string of the molecule is CCC1COC2(C=C(C(=O)O)C(S(=O)(=O)Nc3ccc(F)c(OC)c3)CC2)O1. The van der Waals surface area contributed by atoms with Gasteiger partial charge in [0.25, 0.3) is 0 Å². The molecule has 0 radical (unpaired) electrons. The van der Waals surface area contributed by atoms with Gasteiger partial charge in [0.2, 0.25) is 10.0 Å². The maximum Gasteiger partial charge on any atom is 0.332 e. The molecule has 1 aliphatic carbocycles. The van der Waals surface area contributed by atoms with Gasteiger partial charge in [-0.05, 0) is 31.1 Å². The Balaban J connectivity index is 1.88. The third-order valence-electron chi connectivity index (χ3n) is 4.85. The highest BCUT2D eigenvalue weighted by atomic mass is 32.2. The molecule has 3 unspecified atom stereocenters. The molecule has 1 saturated heterocycles. The number of sulfonamides is 1. The van der Waals surface area contributed by atoms with E-state index in [1.165, 1.54) is 25.3 Å². The van der Waals surface area contributed by atoms with E-state index in [1.54, 1.807) is 0 Å². The Kier molecular flexibility index (Phi) is 5.64. The summed E-state index contributed by atoms with van der Waals surface area (Å²) in [6.07, 6.45) is 2.00. The van der Waals surface area contributed by atoms with Crippen LogP contribution in [-0.4, -0.2) is 50.4 Å². The molecule has 1 aromatic rings. The van der Waals surface area contributed by atoms with Crippen LogP contribution < -0.4 is 9.46 Å². The highest BCUT2D eigenvalue weighted by molar-refractivity contribution is 7.93. The molecule has 2 N–H and O–H groups in total. The third kappa shape index (κ3) is 3.98. The van der Waals surface area contributed by atoms with E-state index in [1.807, 2.05) is 6.92 Å². The van der Waals surface area contributed by atoms with Crippen LogP contribution in [0.1, 0.15) is 26.2 Å². The molecule has 1 spiro atoms. The average molecular weight is 415 g/mol. The van der Waals surface area contributed by atoms with E-state index in [-0.39, 0.29) is 36.0 Å². The summed E-state index contributed by atoms with van der Waals surface area (Å²) in [5.74, 6) is -3.34. The molecule has 3 rings (SSSR count). The van der Waals surface area contributed by atoms with Gasteiger partial charge in [-0.1, -0.05) is 6.92 Å². The van der Waals surface area contributed by atoms with Gasteiger partial charge in [0.15, 0.2) is 17.4 Å². The third-order valence-corrected chi connectivity index (χ3v) is 6.60. The van der Waals surface area contributed by atoms with Crippen LogP contribution in [0.15, 0.2) is 29.8 Å². The number of halogens is 1. The fourth-order valence-corrected chi connectivity index (χ4v) is 4.89. The zero-order valence-electron chi connectivity index (χ0n) is 15.5. The summed E-state index contributed by atoms with van der Waals surface area (Å²) in [5, 5.41) is 8.28. The fourth-order valence-electron chi connectivity index (χ4n) is 3.36. The Bertz CT molecular complexity index is 901. The highest BCUT2D eigenvalue weighted by Gasteiger charge is 2.47. The Morgan fingerprint density at radius 2 is 2.21 bits per heavy atom. The maximum atomic E-state index is 13.5. The molecular formula is C18H22FNO7S. The summed E-state index contributed by atoms with van der Waals surface area (Å²) in [6.45, 7) is 2.25. The molecule has 10 heteroatoms. The van der Waals surface area contributed by atoms with Crippen LogP contribution in [-0.2, 0) is 24.3 Å². The summed E-state index contributed by atoms with van der Waals surface area (Å²) in [6, 6.07) is 3.49.